The predicted molar refractivity (Wildman–Crippen MR) is 93.9 cm³/mol. The van der Waals surface area contributed by atoms with Crippen molar-refractivity contribution in [2.24, 2.45) is 0 Å². The minimum absolute atomic E-state index is 0.134. The van der Waals surface area contributed by atoms with E-state index in [9.17, 15) is 19.5 Å². The summed E-state index contributed by atoms with van der Waals surface area (Å²) in [5.74, 6) is -1.34. The summed E-state index contributed by atoms with van der Waals surface area (Å²) in [6, 6.07) is 5.00. The summed E-state index contributed by atoms with van der Waals surface area (Å²) in [4.78, 5) is 38.6. The third kappa shape index (κ3) is 3.42. The van der Waals surface area contributed by atoms with Crippen LogP contribution in [0.1, 0.15) is 36.0 Å². The van der Waals surface area contributed by atoms with Crippen molar-refractivity contribution in [2.75, 3.05) is 7.11 Å². The zero-order valence-electron chi connectivity index (χ0n) is 14.6. The molecule has 1 aromatic rings. The van der Waals surface area contributed by atoms with Crippen molar-refractivity contribution < 1.29 is 24.2 Å². The molecule has 2 aliphatic heterocycles. The Kier molecular flexibility index (Phi) is 5.25. The summed E-state index contributed by atoms with van der Waals surface area (Å²) >= 11 is 0. The van der Waals surface area contributed by atoms with Crippen LogP contribution in [0, 0.1) is 0 Å². The third-order valence-electron chi connectivity index (χ3n) is 4.94. The number of fused-ring (bicyclic) bond motifs is 1. The van der Waals surface area contributed by atoms with Gasteiger partial charge in [-0.05, 0) is 37.8 Å². The van der Waals surface area contributed by atoms with Crippen molar-refractivity contribution in [1.29, 1.82) is 0 Å². The number of carboxylic acids is 1. The van der Waals surface area contributed by atoms with Crippen molar-refractivity contribution in [3.63, 3.8) is 0 Å². The van der Waals surface area contributed by atoms with Gasteiger partial charge < -0.3 is 20.1 Å². The topological polar surface area (TPSA) is 95.9 Å². The molecule has 0 saturated carbocycles. The number of benzene rings is 1. The van der Waals surface area contributed by atoms with Crippen LogP contribution in [0.5, 0.6) is 5.75 Å². The highest BCUT2D eigenvalue weighted by Crippen LogP contribution is 2.29. The summed E-state index contributed by atoms with van der Waals surface area (Å²) in [7, 11) is 1.47. The number of hydrogen-bond donors (Lipinski definition) is 2. The van der Waals surface area contributed by atoms with Crippen LogP contribution >= 0.6 is 0 Å². The molecule has 2 N–H and O–H groups in total. The number of nitrogens with one attached hydrogen (secondary N) is 1. The lowest BCUT2D eigenvalue weighted by Crippen LogP contribution is -2.54. The van der Waals surface area contributed by atoms with E-state index in [1.807, 2.05) is 12.2 Å². The van der Waals surface area contributed by atoms with E-state index in [2.05, 4.69) is 5.32 Å². The smallest absolute Gasteiger partial charge is 0.326 e. The molecule has 3 rings (SSSR count). The first-order chi connectivity index (χ1) is 12.5. The van der Waals surface area contributed by atoms with Gasteiger partial charge in [0.25, 0.3) is 5.91 Å². The zero-order chi connectivity index (χ0) is 18.7. The fraction of sp³-hybridized carbons (Fsp3) is 0.421. The lowest BCUT2D eigenvalue weighted by molar-refractivity contribution is -0.150. The summed E-state index contributed by atoms with van der Waals surface area (Å²) < 4.78 is 5.20. The fourth-order valence-electron chi connectivity index (χ4n) is 3.65. The molecule has 1 saturated heterocycles. The van der Waals surface area contributed by atoms with Gasteiger partial charge in [0.1, 0.15) is 17.8 Å². The molecular weight excluding hydrogens is 336 g/mol. The predicted octanol–water partition coefficient (Wildman–Crippen LogP) is 1.59. The molecule has 26 heavy (non-hydrogen) atoms. The minimum Gasteiger partial charge on any atom is -0.496 e. The van der Waals surface area contributed by atoms with Gasteiger partial charge in [-0.1, -0.05) is 24.3 Å². The maximum atomic E-state index is 13.0. The largest absolute Gasteiger partial charge is 0.496 e. The van der Waals surface area contributed by atoms with Gasteiger partial charge in [-0.15, -0.1) is 0 Å². The molecule has 7 nitrogen and oxygen atoms in total. The van der Waals surface area contributed by atoms with Crippen molar-refractivity contribution in [2.45, 2.75) is 43.8 Å². The Bertz CT molecular complexity index is 745. The summed E-state index contributed by atoms with van der Waals surface area (Å²) in [5, 5.41) is 12.2. The van der Waals surface area contributed by atoms with Gasteiger partial charge in [0.2, 0.25) is 5.91 Å². The Balaban J connectivity index is 1.83. The number of hydrogen-bond acceptors (Lipinski definition) is 4. The lowest BCUT2D eigenvalue weighted by atomic mass is 10.0. The number of amides is 2. The van der Waals surface area contributed by atoms with Crippen molar-refractivity contribution in [1.82, 2.24) is 10.2 Å². The van der Waals surface area contributed by atoms with Crippen LogP contribution in [0.15, 0.2) is 36.4 Å². The highest BCUT2D eigenvalue weighted by Gasteiger charge is 2.43. The maximum Gasteiger partial charge on any atom is 0.326 e. The van der Waals surface area contributed by atoms with E-state index in [1.54, 1.807) is 24.3 Å². The minimum atomic E-state index is -1.000. The standard InChI is InChI=1S/C19H22N2O5/c1-26-16-9-5-3-7-13(16)17(22)20-14-8-4-2-6-12-10-11-15(19(24)25)21(12)18(14)23/h2-5,7,9,12,14-15H,6,8,10-11H2,1H3,(H,20,22)(H,24,25)/b4-2-/t12-,14+,15+/m1/s1. The Morgan fingerprint density at radius 2 is 1.92 bits per heavy atom. The van der Waals surface area contributed by atoms with Gasteiger partial charge in [0.15, 0.2) is 0 Å². The molecule has 7 heteroatoms. The van der Waals surface area contributed by atoms with E-state index in [-0.39, 0.29) is 11.9 Å². The summed E-state index contributed by atoms with van der Waals surface area (Å²) in [6.45, 7) is 0. The highest BCUT2D eigenvalue weighted by atomic mass is 16.5. The average molecular weight is 358 g/mol. The molecule has 0 radical (unpaired) electrons. The third-order valence-corrected chi connectivity index (χ3v) is 4.94. The van der Waals surface area contributed by atoms with E-state index in [4.69, 9.17) is 4.74 Å². The Morgan fingerprint density at radius 3 is 2.65 bits per heavy atom. The zero-order valence-corrected chi connectivity index (χ0v) is 14.6. The molecular formula is C19H22N2O5. The molecule has 2 heterocycles. The van der Waals surface area contributed by atoms with Gasteiger partial charge in [-0.2, -0.15) is 0 Å². The second-order valence-corrected chi connectivity index (χ2v) is 6.50. The van der Waals surface area contributed by atoms with Crippen molar-refractivity contribution in [3.8, 4) is 5.75 Å². The molecule has 1 fully saturated rings. The molecule has 2 amide bonds. The monoisotopic (exact) mass is 358 g/mol. The Morgan fingerprint density at radius 1 is 1.19 bits per heavy atom. The second kappa shape index (κ2) is 7.59. The van der Waals surface area contributed by atoms with Gasteiger partial charge in [0.05, 0.1) is 12.7 Å². The van der Waals surface area contributed by atoms with E-state index in [0.717, 1.165) is 0 Å². The van der Waals surface area contributed by atoms with E-state index in [0.29, 0.717) is 37.0 Å². The molecule has 138 valence electrons. The van der Waals surface area contributed by atoms with E-state index < -0.39 is 24.0 Å². The Labute approximate surface area is 151 Å². The molecule has 0 unspecified atom stereocenters. The number of methoxy groups -OCH3 is 1. The van der Waals surface area contributed by atoms with Crippen molar-refractivity contribution in [3.05, 3.63) is 42.0 Å². The van der Waals surface area contributed by atoms with Gasteiger partial charge >= 0.3 is 5.97 Å². The molecule has 0 bridgehead atoms. The normalized spacial score (nSPS) is 26.4. The molecule has 0 aromatic heterocycles. The first-order valence-corrected chi connectivity index (χ1v) is 8.66. The molecule has 0 spiro atoms. The van der Waals surface area contributed by atoms with Crippen LogP contribution in [-0.2, 0) is 9.59 Å². The number of aliphatic carboxylic acids is 1. The van der Waals surface area contributed by atoms with Crippen molar-refractivity contribution >= 4 is 17.8 Å². The first kappa shape index (κ1) is 18.0. The lowest BCUT2D eigenvalue weighted by Gasteiger charge is -2.32. The van der Waals surface area contributed by atoms with Crippen LogP contribution in [-0.4, -0.2) is 53.0 Å². The van der Waals surface area contributed by atoms with Gasteiger partial charge in [-0.25, -0.2) is 4.79 Å². The number of nitrogens with zero attached hydrogens (tertiary/aromatic N) is 1. The van der Waals surface area contributed by atoms with Gasteiger partial charge in [0, 0.05) is 6.04 Å². The number of carbonyl (C=O) groups excluding carboxylic acids is 2. The van der Waals surface area contributed by atoms with Gasteiger partial charge in [-0.3, -0.25) is 9.59 Å². The molecule has 1 aromatic carbocycles. The quantitative estimate of drug-likeness (QED) is 0.797. The highest BCUT2D eigenvalue weighted by molar-refractivity contribution is 6.00. The van der Waals surface area contributed by atoms with Crippen LogP contribution in [0.2, 0.25) is 0 Å². The maximum absolute atomic E-state index is 13.0. The summed E-state index contributed by atoms with van der Waals surface area (Å²) in [5.41, 5.74) is 0.335. The fourth-order valence-corrected chi connectivity index (χ4v) is 3.65. The second-order valence-electron chi connectivity index (χ2n) is 6.50. The van der Waals surface area contributed by atoms with Crippen LogP contribution in [0.4, 0.5) is 0 Å². The number of rotatable bonds is 4. The molecule has 0 aliphatic carbocycles. The number of carboxylic acid groups (broad SMARTS) is 1. The van der Waals surface area contributed by atoms with Crippen LogP contribution in [0.25, 0.3) is 0 Å². The SMILES string of the molecule is COc1ccccc1C(=O)N[C@H]1C/C=C\C[C@@H]2CC[C@@H](C(=O)O)N2C1=O. The number of ether oxygens (including phenoxy) is 1. The average Bonchev–Trinajstić information content (AvgIpc) is 3.05. The van der Waals surface area contributed by atoms with Crippen LogP contribution < -0.4 is 10.1 Å². The van der Waals surface area contributed by atoms with Crippen LogP contribution in [0.3, 0.4) is 0 Å². The van der Waals surface area contributed by atoms with E-state index >= 15 is 0 Å². The molecule has 2 aliphatic rings. The first-order valence-electron chi connectivity index (χ1n) is 8.66. The Hall–Kier alpha value is -2.83. The van der Waals surface area contributed by atoms with E-state index in [1.165, 1.54) is 12.0 Å². The number of carbonyl (C=O) groups is 3. The number of para-hydroxylation sites is 1. The summed E-state index contributed by atoms with van der Waals surface area (Å²) in [6.07, 6.45) is 5.89. The molecule has 3 atom stereocenters.